The van der Waals surface area contributed by atoms with Gasteiger partial charge in [-0.05, 0) is 27.7 Å². The minimum atomic E-state index is -0.328. The second-order valence-corrected chi connectivity index (χ2v) is 5.96. The summed E-state index contributed by atoms with van der Waals surface area (Å²) in [6.07, 6.45) is -0.328. The average Bonchev–Trinajstić information content (AvgIpc) is 2.53. The number of nitrogens with zero attached hydrogens (tertiary/aromatic N) is 4. The van der Waals surface area contributed by atoms with Gasteiger partial charge in [0.2, 0.25) is 0 Å². The average molecular weight is 335 g/mol. The summed E-state index contributed by atoms with van der Waals surface area (Å²) in [5.74, 6) is 1.05. The van der Waals surface area contributed by atoms with E-state index in [4.69, 9.17) is 4.74 Å². The van der Waals surface area contributed by atoms with Gasteiger partial charge in [-0.3, -0.25) is 4.79 Å². The van der Waals surface area contributed by atoms with Crippen molar-refractivity contribution in [3.63, 3.8) is 0 Å². The van der Waals surface area contributed by atoms with E-state index in [1.165, 1.54) is 0 Å². The molecule has 0 aliphatic carbocycles. The van der Waals surface area contributed by atoms with Crippen LogP contribution in [0.4, 0.5) is 10.6 Å². The van der Waals surface area contributed by atoms with Gasteiger partial charge in [-0.25, -0.2) is 14.8 Å². The number of amides is 2. The van der Waals surface area contributed by atoms with Crippen molar-refractivity contribution in [2.75, 3.05) is 38.1 Å². The van der Waals surface area contributed by atoms with Crippen molar-refractivity contribution < 1.29 is 14.3 Å². The largest absolute Gasteiger partial charge is 0.450 e. The predicted octanol–water partition coefficient (Wildman–Crippen LogP) is 1.52. The van der Waals surface area contributed by atoms with E-state index in [9.17, 15) is 9.59 Å². The molecule has 1 aromatic rings. The number of carbonyl (C=O) groups is 2. The molecule has 8 nitrogen and oxygen atoms in total. The molecular formula is C16H25N5O3. The maximum absolute atomic E-state index is 12.7. The van der Waals surface area contributed by atoms with E-state index in [2.05, 4.69) is 15.3 Å². The Kier molecular flexibility index (Phi) is 5.94. The summed E-state index contributed by atoms with van der Waals surface area (Å²) in [5.41, 5.74) is 0.371. The highest BCUT2D eigenvalue weighted by Crippen LogP contribution is 2.12. The molecule has 0 atom stereocenters. The second kappa shape index (κ2) is 7.94. The van der Waals surface area contributed by atoms with E-state index < -0.39 is 0 Å². The van der Waals surface area contributed by atoms with Crippen LogP contribution >= 0.6 is 0 Å². The number of hydrogen-bond acceptors (Lipinski definition) is 6. The lowest BCUT2D eigenvalue weighted by molar-refractivity contribution is 0.0565. The molecule has 2 rings (SSSR count). The number of hydrogen-bond donors (Lipinski definition) is 1. The summed E-state index contributed by atoms with van der Waals surface area (Å²) in [5, 5.41) is 3.19. The van der Waals surface area contributed by atoms with Gasteiger partial charge in [0.05, 0.1) is 6.61 Å². The van der Waals surface area contributed by atoms with E-state index in [-0.39, 0.29) is 18.0 Å². The Hall–Kier alpha value is -2.38. The summed E-state index contributed by atoms with van der Waals surface area (Å²) < 4.78 is 4.98. The highest BCUT2D eigenvalue weighted by molar-refractivity contribution is 5.93. The van der Waals surface area contributed by atoms with Crippen LogP contribution < -0.4 is 5.32 Å². The SMILES string of the molecule is CCOC(=O)N1CCN(C(=O)c2cc(NC(C)C)nc(C)n2)CC1. The van der Waals surface area contributed by atoms with Crippen molar-refractivity contribution in [1.29, 1.82) is 0 Å². The van der Waals surface area contributed by atoms with Crippen molar-refractivity contribution >= 4 is 17.8 Å². The van der Waals surface area contributed by atoms with E-state index in [1.54, 1.807) is 29.7 Å². The molecule has 0 aromatic carbocycles. The Morgan fingerprint density at radius 1 is 1.21 bits per heavy atom. The minimum absolute atomic E-state index is 0.143. The molecule has 1 saturated heterocycles. The van der Waals surface area contributed by atoms with Gasteiger partial charge in [0, 0.05) is 38.3 Å². The number of nitrogens with one attached hydrogen (secondary N) is 1. The molecular weight excluding hydrogens is 310 g/mol. The van der Waals surface area contributed by atoms with E-state index in [0.29, 0.717) is 50.1 Å². The second-order valence-electron chi connectivity index (χ2n) is 5.96. The van der Waals surface area contributed by atoms with Crippen molar-refractivity contribution in [1.82, 2.24) is 19.8 Å². The van der Waals surface area contributed by atoms with Crippen LogP contribution in [-0.4, -0.2) is 70.6 Å². The van der Waals surface area contributed by atoms with Gasteiger partial charge in [0.1, 0.15) is 17.3 Å². The molecule has 0 bridgehead atoms. The molecule has 2 heterocycles. The van der Waals surface area contributed by atoms with Crippen molar-refractivity contribution in [2.45, 2.75) is 33.7 Å². The number of aryl methyl sites for hydroxylation is 1. The fourth-order valence-electron chi connectivity index (χ4n) is 2.52. The smallest absolute Gasteiger partial charge is 0.409 e. The molecule has 1 aliphatic heterocycles. The maximum Gasteiger partial charge on any atom is 0.409 e. The summed E-state index contributed by atoms with van der Waals surface area (Å²) in [6, 6.07) is 1.89. The molecule has 0 radical (unpaired) electrons. The fraction of sp³-hybridized carbons (Fsp3) is 0.625. The first kappa shape index (κ1) is 18.0. The van der Waals surface area contributed by atoms with Crippen LogP contribution in [0.5, 0.6) is 0 Å². The first-order valence-corrected chi connectivity index (χ1v) is 8.24. The monoisotopic (exact) mass is 335 g/mol. The van der Waals surface area contributed by atoms with Crippen LogP contribution in [0, 0.1) is 6.92 Å². The zero-order valence-corrected chi connectivity index (χ0v) is 14.7. The quantitative estimate of drug-likeness (QED) is 0.897. The Labute approximate surface area is 142 Å². The molecule has 8 heteroatoms. The third kappa shape index (κ3) is 4.56. The van der Waals surface area contributed by atoms with Gasteiger partial charge in [-0.15, -0.1) is 0 Å². The Balaban J connectivity index is 2.02. The molecule has 0 saturated carbocycles. The number of rotatable bonds is 4. The molecule has 0 unspecified atom stereocenters. The summed E-state index contributed by atoms with van der Waals surface area (Å²) >= 11 is 0. The number of piperazine rings is 1. The van der Waals surface area contributed by atoms with E-state index in [1.807, 2.05) is 13.8 Å². The van der Waals surface area contributed by atoms with Gasteiger partial charge in [-0.1, -0.05) is 0 Å². The standard InChI is InChI=1S/C16H25N5O3/c1-5-24-16(23)21-8-6-20(7-9-21)15(22)13-10-14(17-11(2)3)19-12(4)18-13/h10-11H,5-9H2,1-4H3,(H,17,18,19). The van der Waals surface area contributed by atoms with Crippen LogP contribution in [0.3, 0.4) is 0 Å². The molecule has 1 aliphatic rings. The first-order chi connectivity index (χ1) is 11.4. The number of aromatic nitrogens is 2. The molecule has 2 amide bonds. The van der Waals surface area contributed by atoms with Crippen LogP contribution in [0.2, 0.25) is 0 Å². The first-order valence-electron chi connectivity index (χ1n) is 8.24. The Bertz CT molecular complexity index is 597. The number of ether oxygens (including phenoxy) is 1. The van der Waals surface area contributed by atoms with Gasteiger partial charge < -0.3 is 19.9 Å². The van der Waals surface area contributed by atoms with Crippen LogP contribution in [0.25, 0.3) is 0 Å². The summed E-state index contributed by atoms with van der Waals surface area (Å²) in [6.45, 7) is 9.77. The lowest BCUT2D eigenvalue weighted by Crippen LogP contribution is -2.50. The third-order valence-corrected chi connectivity index (χ3v) is 3.59. The highest BCUT2D eigenvalue weighted by atomic mass is 16.6. The van der Waals surface area contributed by atoms with Crippen LogP contribution in [0.15, 0.2) is 6.07 Å². The lowest BCUT2D eigenvalue weighted by atomic mass is 10.2. The van der Waals surface area contributed by atoms with Crippen molar-refractivity contribution in [3.05, 3.63) is 17.6 Å². The van der Waals surface area contributed by atoms with E-state index in [0.717, 1.165) is 0 Å². The molecule has 1 N–H and O–H groups in total. The minimum Gasteiger partial charge on any atom is -0.450 e. The van der Waals surface area contributed by atoms with Crippen LogP contribution in [0.1, 0.15) is 37.1 Å². The van der Waals surface area contributed by atoms with Gasteiger partial charge >= 0.3 is 6.09 Å². The van der Waals surface area contributed by atoms with Gasteiger partial charge in [-0.2, -0.15) is 0 Å². The lowest BCUT2D eigenvalue weighted by Gasteiger charge is -2.33. The van der Waals surface area contributed by atoms with Crippen molar-refractivity contribution in [3.8, 4) is 0 Å². The van der Waals surface area contributed by atoms with E-state index >= 15 is 0 Å². The van der Waals surface area contributed by atoms with Gasteiger partial charge in [0.25, 0.3) is 5.91 Å². The molecule has 24 heavy (non-hydrogen) atoms. The maximum atomic E-state index is 12.7. The third-order valence-electron chi connectivity index (χ3n) is 3.59. The summed E-state index contributed by atoms with van der Waals surface area (Å²) in [7, 11) is 0. The Morgan fingerprint density at radius 2 is 1.83 bits per heavy atom. The molecule has 132 valence electrons. The Morgan fingerprint density at radius 3 is 2.42 bits per heavy atom. The van der Waals surface area contributed by atoms with Crippen LogP contribution in [-0.2, 0) is 4.74 Å². The van der Waals surface area contributed by atoms with Crippen molar-refractivity contribution in [2.24, 2.45) is 0 Å². The predicted molar refractivity (Wildman–Crippen MR) is 90.0 cm³/mol. The number of anilines is 1. The molecule has 1 aromatic heterocycles. The zero-order chi connectivity index (χ0) is 17.7. The number of carbonyl (C=O) groups excluding carboxylic acids is 2. The van der Waals surface area contributed by atoms with Gasteiger partial charge in [0.15, 0.2) is 0 Å². The highest BCUT2D eigenvalue weighted by Gasteiger charge is 2.26. The fourth-order valence-corrected chi connectivity index (χ4v) is 2.52. The summed E-state index contributed by atoms with van der Waals surface area (Å²) in [4.78, 5) is 36.2. The molecule has 1 fully saturated rings. The normalized spacial score (nSPS) is 14.7. The topological polar surface area (TPSA) is 87.7 Å². The molecule has 0 spiro atoms. The zero-order valence-electron chi connectivity index (χ0n) is 14.7.